The maximum Gasteiger partial charge on any atom is 0.338 e. The molecule has 0 aliphatic rings. The van der Waals surface area contributed by atoms with Gasteiger partial charge in [0.05, 0.1) is 0 Å². The van der Waals surface area contributed by atoms with Gasteiger partial charge in [-0.1, -0.05) is 32.1 Å². The van der Waals surface area contributed by atoms with Crippen molar-refractivity contribution in [3.05, 3.63) is 47.6 Å². The topological polar surface area (TPSA) is 52.6 Å². The highest BCUT2D eigenvalue weighted by molar-refractivity contribution is 5.90. The normalized spacial score (nSPS) is 12.0. The molecule has 0 N–H and O–H groups in total. The zero-order chi connectivity index (χ0) is 16.5. The van der Waals surface area contributed by atoms with Gasteiger partial charge in [-0.15, -0.1) is 0 Å². The average molecular weight is 302 g/mol. The van der Waals surface area contributed by atoms with Crippen molar-refractivity contribution in [1.29, 1.82) is 0 Å². The highest BCUT2D eigenvalue weighted by Crippen LogP contribution is 2.21. The van der Waals surface area contributed by atoms with Crippen LogP contribution in [0.15, 0.2) is 47.6 Å². The van der Waals surface area contributed by atoms with Crippen LogP contribution in [0.2, 0.25) is 0 Å². The van der Waals surface area contributed by atoms with Crippen LogP contribution in [-0.2, 0) is 9.59 Å². The van der Waals surface area contributed by atoms with Gasteiger partial charge in [0, 0.05) is 17.2 Å². The molecule has 0 saturated carbocycles. The van der Waals surface area contributed by atoms with Crippen molar-refractivity contribution in [2.75, 3.05) is 0 Å². The molecule has 1 aromatic rings. The van der Waals surface area contributed by atoms with Gasteiger partial charge in [-0.2, -0.15) is 0 Å². The van der Waals surface area contributed by atoms with Crippen LogP contribution < -0.4 is 9.47 Å². The molecular formula is C18H22O4. The van der Waals surface area contributed by atoms with Crippen LogP contribution in [0, 0.1) is 0 Å². The van der Waals surface area contributed by atoms with Crippen LogP contribution in [0.3, 0.4) is 0 Å². The molecule has 118 valence electrons. The van der Waals surface area contributed by atoms with Crippen LogP contribution in [-0.4, -0.2) is 11.9 Å². The molecule has 1 rings (SSSR count). The first kappa shape index (κ1) is 17.7. The standard InChI is InChI=1S/C18H22O4/c1-5-8-13(3)17(19)21-15-10-7-11-16(12-15)22-18(20)14(4)9-6-2/h7-12H,5-6H2,1-4H3/b13-8+,14-9+. The molecule has 0 aromatic heterocycles. The lowest BCUT2D eigenvalue weighted by atomic mass is 10.2. The highest BCUT2D eigenvalue weighted by Gasteiger charge is 2.10. The van der Waals surface area contributed by atoms with Crippen molar-refractivity contribution in [3.63, 3.8) is 0 Å². The molecule has 0 spiro atoms. The lowest BCUT2D eigenvalue weighted by molar-refractivity contribution is -0.130. The van der Waals surface area contributed by atoms with Gasteiger partial charge < -0.3 is 9.47 Å². The summed E-state index contributed by atoms with van der Waals surface area (Å²) >= 11 is 0. The molecule has 4 nitrogen and oxygen atoms in total. The number of ether oxygens (including phenoxy) is 2. The van der Waals surface area contributed by atoms with Crippen molar-refractivity contribution in [3.8, 4) is 11.5 Å². The Morgan fingerprint density at radius 2 is 1.32 bits per heavy atom. The molecule has 0 aliphatic carbocycles. The van der Waals surface area contributed by atoms with Gasteiger partial charge in [-0.3, -0.25) is 0 Å². The van der Waals surface area contributed by atoms with Crippen LogP contribution in [0.4, 0.5) is 0 Å². The Morgan fingerprint density at radius 1 is 0.909 bits per heavy atom. The van der Waals surface area contributed by atoms with E-state index >= 15 is 0 Å². The first-order valence-corrected chi connectivity index (χ1v) is 7.35. The Bertz CT molecular complexity index is 548. The Morgan fingerprint density at radius 3 is 1.68 bits per heavy atom. The van der Waals surface area contributed by atoms with Gasteiger partial charge in [-0.25, -0.2) is 9.59 Å². The van der Waals surface area contributed by atoms with E-state index in [1.54, 1.807) is 44.2 Å². The summed E-state index contributed by atoms with van der Waals surface area (Å²) in [4.78, 5) is 23.6. The predicted octanol–water partition coefficient (Wildman–Crippen LogP) is 4.21. The van der Waals surface area contributed by atoms with E-state index in [9.17, 15) is 9.59 Å². The highest BCUT2D eigenvalue weighted by atomic mass is 16.5. The summed E-state index contributed by atoms with van der Waals surface area (Å²) in [6, 6.07) is 6.48. The number of hydrogen-bond donors (Lipinski definition) is 0. The zero-order valence-corrected chi connectivity index (χ0v) is 13.5. The van der Waals surface area contributed by atoms with Crippen molar-refractivity contribution < 1.29 is 19.1 Å². The lowest BCUT2D eigenvalue weighted by Gasteiger charge is -2.08. The number of allylic oxidation sites excluding steroid dienone is 2. The second-order valence-corrected chi connectivity index (χ2v) is 4.84. The number of benzene rings is 1. The third-order valence-electron chi connectivity index (χ3n) is 2.89. The van der Waals surface area contributed by atoms with Gasteiger partial charge in [0.15, 0.2) is 0 Å². The number of carbonyl (C=O) groups is 2. The third kappa shape index (κ3) is 5.56. The van der Waals surface area contributed by atoms with E-state index in [4.69, 9.17) is 9.47 Å². The number of rotatable bonds is 6. The molecular weight excluding hydrogens is 280 g/mol. The summed E-state index contributed by atoms with van der Waals surface area (Å²) in [6.45, 7) is 7.30. The summed E-state index contributed by atoms with van der Waals surface area (Å²) in [7, 11) is 0. The van der Waals surface area contributed by atoms with Crippen molar-refractivity contribution in [2.45, 2.75) is 40.5 Å². The largest absolute Gasteiger partial charge is 0.423 e. The Labute approximate surface area is 131 Å². The lowest BCUT2D eigenvalue weighted by Crippen LogP contribution is -2.11. The molecule has 0 fully saturated rings. The zero-order valence-electron chi connectivity index (χ0n) is 13.5. The minimum absolute atomic E-state index is 0.344. The number of hydrogen-bond acceptors (Lipinski definition) is 4. The van der Waals surface area contributed by atoms with E-state index in [0.717, 1.165) is 12.8 Å². The number of carbonyl (C=O) groups excluding carboxylic acids is 2. The second kappa shape index (κ2) is 8.82. The van der Waals surface area contributed by atoms with E-state index in [2.05, 4.69) is 0 Å². The molecule has 0 heterocycles. The van der Waals surface area contributed by atoms with Crippen molar-refractivity contribution in [2.24, 2.45) is 0 Å². The monoisotopic (exact) mass is 302 g/mol. The first-order valence-electron chi connectivity index (χ1n) is 7.35. The van der Waals surface area contributed by atoms with E-state index < -0.39 is 11.9 Å². The van der Waals surface area contributed by atoms with Crippen LogP contribution in [0.1, 0.15) is 40.5 Å². The summed E-state index contributed by atoms with van der Waals surface area (Å²) in [5, 5.41) is 0. The van der Waals surface area contributed by atoms with E-state index in [1.165, 1.54) is 6.07 Å². The molecule has 0 atom stereocenters. The molecule has 0 radical (unpaired) electrons. The van der Waals surface area contributed by atoms with E-state index in [-0.39, 0.29) is 0 Å². The third-order valence-corrected chi connectivity index (χ3v) is 2.89. The smallest absolute Gasteiger partial charge is 0.338 e. The molecule has 0 unspecified atom stereocenters. The Kier molecular flexibility index (Phi) is 7.09. The van der Waals surface area contributed by atoms with Gasteiger partial charge in [0.2, 0.25) is 0 Å². The molecule has 0 bridgehead atoms. The molecule has 4 heteroatoms. The van der Waals surface area contributed by atoms with Gasteiger partial charge in [0.1, 0.15) is 11.5 Å². The van der Waals surface area contributed by atoms with Gasteiger partial charge >= 0.3 is 11.9 Å². The fourth-order valence-electron chi connectivity index (χ4n) is 1.76. The molecule has 0 amide bonds. The van der Waals surface area contributed by atoms with Crippen molar-refractivity contribution in [1.82, 2.24) is 0 Å². The van der Waals surface area contributed by atoms with Gasteiger partial charge in [0.25, 0.3) is 0 Å². The molecule has 0 aliphatic heterocycles. The predicted molar refractivity (Wildman–Crippen MR) is 85.8 cm³/mol. The van der Waals surface area contributed by atoms with Crippen LogP contribution in [0.25, 0.3) is 0 Å². The molecule has 0 saturated heterocycles. The summed E-state index contributed by atoms with van der Waals surface area (Å²) in [5.41, 5.74) is 1.10. The molecule has 1 aromatic carbocycles. The fraction of sp³-hybridized carbons (Fsp3) is 0.333. The van der Waals surface area contributed by atoms with E-state index in [1.807, 2.05) is 13.8 Å². The van der Waals surface area contributed by atoms with Gasteiger partial charge in [-0.05, 0) is 38.8 Å². The Balaban J connectivity index is 2.78. The SMILES string of the molecule is CC/C=C(\C)C(=O)Oc1cccc(OC(=O)/C(C)=C/CC)c1. The fourth-order valence-corrected chi connectivity index (χ4v) is 1.76. The Hall–Kier alpha value is -2.36. The first-order chi connectivity index (χ1) is 10.5. The average Bonchev–Trinajstić information content (AvgIpc) is 2.48. The maximum atomic E-state index is 11.8. The maximum absolute atomic E-state index is 11.8. The quantitative estimate of drug-likeness (QED) is 0.449. The number of esters is 2. The summed E-state index contributed by atoms with van der Waals surface area (Å²) < 4.78 is 10.5. The second-order valence-electron chi connectivity index (χ2n) is 4.84. The molecule has 22 heavy (non-hydrogen) atoms. The summed E-state index contributed by atoms with van der Waals surface area (Å²) in [5.74, 6) is -0.132. The van der Waals surface area contributed by atoms with Crippen LogP contribution in [0.5, 0.6) is 11.5 Å². The minimum atomic E-state index is -0.410. The van der Waals surface area contributed by atoms with E-state index in [0.29, 0.717) is 22.6 Å². The summed E-state index contributed by atoms with van der Waals surface area (Å²) in [6.07, 6.45) is 5.12. The van der Waals surface area contributed by atoms with Crippen LogP contribution >= 0.6 is 0 Å². The minimum Gasteiger partial charge on any atom is -0.423 e. The van der Waals surface area contributed by atoms with Crippen molar-refractivity contribution >= 4 is 11.9 Å².